The fraction of sp³-hybridized carbons (Fsp3) is 1.00. The highest BCUT2D eigenvalue weighted by Crippen LogP contribution is 2.10. The minimum absolute atomic E-state index is 0.186. The molecule has 0 aliphatic carbocycles. The summed E-state index contributed by atoms with van der Waals surface area (Å²) >= 11 is 0. The van der Waals surface area contributed by atoms with Crippen molar-refractivity contribution in [3.05, 3.63) is 0 Å². The molecule has 0 heterocycles. The number of sulfone groups is 1. The molecule has 3 nitrogen and oxygen atoms in total. The van der Waals surface area contributed by atoms with E-state index in [-0.39, 0.29) is 16.8 Å². The quantitative estimate of drug-likeness (QED) is 0.685. The van der Waals surface area contributed by atoms with Gasteiger partial charge in [-0.1, -0.05) is 0 Å². The molecule has 0 bridgehead atoms. The molecule has 0 atom stereocenters. The Morgan fingerprint density at radius 1 is 1.25 bits per heavy atom. The number of hydrogen-bond donors (Lipinski definition) is 0. The lowest BCUT2D eigenvalue weighted by Gasteiger charge is -2.20. The summed E-state index contributed by atoms with van der Waals surface area (Å²) in [6.45, 7) is 8.82. The lowest BCUT2D eigenvalue weighted by molar-refractivity contribution is 0.0252. The predicted molar refractivity (Wildman–Crippen MR) is 49.8 cm³/mol. The van der Waals surface area contributed by atoms with Crippen LogP contribution in [0.25, 0.3) is 0 Å². The average molecular weight is 194 g/mol. The Morgan fingerprint density at radius 2 is 1.67 bits per heavy atom. The fourth-order valence-corrected chi connectivity index (χ4v) is 1.18. The summed E-state index contributed by atoms with van der Waals surface area (Å²) in [6, 6.07) is 0. The first-order valence-electron chi connectivity index (χ1n) is 4.01. The van der Waals surface area contributed by atoms with Crippen molar-refractivity contribution in [1.82, 2.24) is 0 Å². The molecular formula is C8H18O3S. The smallest absolute Gasteiger partial charge is 0.176 e. The summed E-state index contributed by atoms with van der Waals surface area (Å²) in [5, 5.41) is -0.361. The van der Waals surface area contributed by atoms with Gasteiger partial charge in [-0.15, -0.1) is 0 Å². The standard InChI is InChI=1S/C8H18O3S/c1-7(2)12(9,10)6-11-8(3,4)5/h7H,6H2,1-5H3. The fourth-order valence-electron chi connectivity index (χ4n) is 0.395. The Labute approximate surface area is 75.0 Å². The second-order valence-corrected chi connectivity index (χ2v) is 6.59. The zero-order valence-electron chi connectivity index (χ0n) is 8.42. The maximum absolute atomic E-state index is 11.3. The topological polar surface area (TPSA) is 43.4 Å². The van der Waals surface area contributed by atoms with Crippen molar-refractivity contribution in [1.29, 1.82) is 0 Å². The second-order valence-electron chi connectivity index (χ2n) is 4.09. The van der Waals surface area contributed by atoms with Crippen LogP contribution >= 0.6 is 0 Å². The van der Waals surface area contributed by atoms with Crippen LogP contribution in [0, 0.1) is 0 Å². The molecule has 4 heteroatoms. The Bertz CT molecular complexity index is 221. The number of hydrogen-bond acceptors (Lipinski definition) is 3. The Hall–Kier alpha value is -0.0900. The van der Waals surface area contributed by atoms with E-state index in [1.54, 1.807) is 13.8 Å². The van der Waals surface area contributed by atoms with Gasteiger partial charge in [-0.05, 0) is 34.6 Å². The molecule has 0 radical (unpaired) electrons. The molecule has 12 heavy (non-hydrogen) atoms. The van der Waals surface area contributed by atoms with E-state index in [2.05, 4.69) is 0 Å². The molecule has 0 aromatic rings. The molecule has 0 saturated carbocycles. The Balaban J connectivity index is 4.12. The molecule has 0 aliphatic rings. The number of ether oxygens (including phenoxy) is 1. The highest BCUT2D eigenvalue weighted by molar-refractivity contribution is 7.91. The Morgan fingerprint density at radius 3 is 1.92 bits per heavy atom. The molecule has 0 saturated heterocycles. The van der Waals surface area contributed by atoms with Crippen molar-refractivity contribution in [3.8, 4) is 0 Å². The molecule has 0 fully saturated rings. The van der Waals surface area contributed by atoms with E-state index >= 15 is 0 Å². The molecular weight excluding hydrogens is 176 g/mol. The average Bonchev–Trinajstić information content (AvgIpc) is 1.82. The second kappa shape index (κ2) is 3.75. The zero-order chi connectivity index (χ0) is 9.99. The third-order valence-corrected chi connectivity index (χ3v) is 3.26. The van der Waals surface area contributed by atoms with E-state index in [4.69, 9.17) is 4.74 Å². The molecule has 0 amide bonds. The van der Waals surface area contributed by atoms with Crippen molar-refractivity contribution in [2.24, 2.45) is 0 Å². The van der Waals surface area contributed by atoms with Crippen LogP contribution in [0.1, 0.15) is 34.6 Å². The lowest BCUT2D eigenvalue weighted by atomic mass is 10.2. The van der Waals surface area contributed by atoms with Crippen molar-refractivity contribution < 1.29 is 13.2 Å². The van der Waals surface area contributed by atoms with Crippen LogP contribution in [0.4, 0.5) is 0 Å². The van der Waals surface area contributed by atoms with E-state index < -0.39 is 9.84 Å². The molecule has 0 aromatic heterocycles. The van der Waals surface area contributed by atoms with Crippen LogP contribution in [0.15, 0.2) is 0 Å². The normalized spacial score (nSPS) is 13.8. The monoisotopic (exact) mass is 194 g/mol. The maximum Gasteiger partial charge on any atom is 0.176 e. The van der Waals surface area contributed by atoms with Gasteiger partial charge in [-0.3, -0.25) is 0 Å². The van der Waals surface area contributed by atoms with Gasteiger partial charge in [-0.2, -0.15) is 0 Å². The molecule has 0 aliphatic heterocycles. The van der Waals surface area contributed by atoms with Crippen molar-refractivity contribution in [2.45, 2.75) is 45.5 Å². The van der Waals surface area contributed by atoms with Gasteiger partial charge in [0.25, 0.3) is 0 Å². The Kier molecular flexibility index (Phi) is 3.72. The van der Waals surface area contributed by atoms with Crippen LogP contribution in [-0.2, 0) is 14.6 Å². The lowest BCUT2D eigenvalue weighted by Crippen LogP contribution is -2.27. The van der Waals surface area contributed by atoms with Gasteiger partial charge in [-0.25, -0.2) is 8.42 Å². The molecule has 0 unspecified atom stereocenters. The summed E-state index contributed by atoms with van der Waals surface area (Å²) in [4.78, 5) is 0. The largest absolute Gasteiger partial charge is 0.360 e. The molecule has 0 aromatic carbocycles. The van der Waals surface area contributed by atoms with Gasteiger partial charge in [0.15, 0.2) is 9.84 Å². The molecule has 0 N–H and O–H groups in total. The van der Waals surface area contributed by atoms with Gasteiger partial charge in [0.1, 0.15) is 5.94 Å². The van der Waals surface area contributed by atoms with E-state index in [0.717, 1.165) is 0 Å². The first kappa shape index (κ1) is 11.9. The van der Waals surface area contributed by atoms with E-state index in [9.17, 15) is 8.42 Å². The van der Waals surface area contributed by atoms with Gasteiger partial charge >= 0.3 is 0 Å². The predicted octanol–water partition coefficient (Wildman–Crippen LogP) is 1.58. The van der Waals surface area contributed by atoms with Crippen LogP contribution < -0.4 is 0 Å². The summed E-state index contributed by atoms with van der Waals surface area (Å²) in [5.41, 5.74) is -0.387. The molecule has 0 spiro atoms. The van der Waals surface area contributed by atoms with Gasteiger partial charge in [0.05, 0.1) is 10.9 Å². The zero-order valence-corrected chi connectivity index (χ0v) is 9.23. The van der Waals surface area contributed by atoms with Crippen LogP contribution in [-0.4, -0.2) is 25.2 Å². The summed E-state index contributed by atoms with van der Waals surface area (Å²) < 4.78 is 27.7. The van der Waals surface area contributed by atoms with Crippen LogP contribution in [0.3, 0.4) is 0 Å². The maximum atomic E-state index is 11.3. The van der Waals surface area contributed by atoms with Crippen LogP contribution in [0.2, 0.25) is 0 Å². The third kappa shape index (κ3) is 4.72. The molecule has 74 valence electrons. The minimum Gasteiger partial charge on any atom is -0.360 e. The summed E-state index contributed by atoms with van der Waals surface area (Å²) in [6.07, 6.45) is 0. The summed E-state index contributed by atoms with van der Waals surface area (Å²) in [5.74, 6) is -0.186. The van der Waals surface area contributed by atoms with Gasteiger partial charge < -0.3 is 4.74 Å². The van der Waals surface area contributed by atoms with E-state index in [0.29, 0.717) is 0 Å². The first-order chi connectivity index (χ1) is 5.15. The van der Waals surface area contributed by atoms with Crippen molar-refractivity contribution >= 4 is 9.84 Å². The third-order valence-electron chi connectivity index (χ3n) is 1.37. The van der Waals surface area contributed by atoms with E-state index in [1.165, 1.54) is 0 Å². The van der Waals surface area contributed by atoms with Crippen molar-refractivity contribution in [2.75, 3.05) is 5.94 Å². The van der Waals surface area contributed by atoms with E-state index in [1.807, 2.05) is 20.8 Å². The van der Waals surface area contributed by atoms with Crippen molar-refractivity contribution in [3.63, 3.8) is 0 Å². The number of rotatable bonds is 3. The molecule has 0 rings (SSSR count). The highest BCUT2D eigenvalue weighted by Gasteiger charge is 2.20. The first-order valence-corrected chi connectivity index (χ1v) is 5.72. The van der Waals surface area contributed by atoms with Crippen LogP contribution in [0.5, 0.6) is 0 Å². The SMILES string of the molecule is CC(C)S(=O)(=O)COC(C)(C)C. The highest BCUT2D eigenvalue weighted by atomic mass is 32.2. The minimum atomic E-state index is -3.05. The van der Waals surface area contributed by atoms with Gasteiger partial charge in [0, 0.05) is 0 Å². The summed E-state index contributed by atoms with van der Waals surface area (Å²) in [7, 11) is -3.05. The van der Waals surface area contributed by atoms with Gasteiger partial charge in [0.2, 0.25) is 0 Å².